The summed E-state index contributed by atoms with van der Waals surface area (Å²) in [5, 5.41) is 3.28. The van der Waals surface area contributed by atoms with E-state index in [1.54, 1.807) is 19.4 Å². The number of nitrogens with one attached hydrogen (secondary N) is 1. The fourth-order valence-corrected chi connectivity index (χ4v) is 1.73. The molecule has 0 aliphatic rings. The van der Waals surface area contributed by atoms with Crippen molar-refractivity contribution in [2.24, 2.45) is 0 Å². The first-order valence-corrected chi connectivity index (χ1v) is 5.78. The number of nitrogens with zero attached hydrogens (tertiary/aromatic N) is 1. The Morgan fingerprint density at radius 2 is 2.28 bits per heavy atom. The number of pyridine rings is 1. The predicted octanol–water partition coefficient (Wildman–Crippen LogP) is 2.31. The highest BCUT2D eigenvalue weighted by Crippen LogP contribution is 2.20. The fourth-order valence-electron chi connectivity index (χ4n) is 1.73. The Kier molecular flexibility index (Phi) is 3.72. The zero-order chi connectivity index (χ0) is 13.0. The Balaban J connectivity index is 2.00. The topological polar surface area (TPSA) is 73.3 Å². The SMILES string of the molecule is COc1nc(NC(C)Cc2ccco2)ccc1N. The van der Waals surface area contributed by atoms with Crippen molar-refractivity contribution < 1.29 is 9.15 Å². The van der Waals surface area contributed by atoms with Gasteiger partial charge in [-0.2, -0.15) is 4.98 Å². The lowest BCUT2D eigenvalue weighted by atomic mass is 10.2. The molecule has 0 bridgehead atoms. The minimum absolute atomic E-state index is 0.206. The van der Waals surface area contributed by atoms with Crippen LogP contribution in [0.4, 0.5) is 11.5 Å². The number of methoxy groups -OCH3 is 1. The fraction of sp³-hybridized carbons (Fsp3) is 0.308. The van der Waals surface area contributed by atoms with Gasteiger partial charge in [-0.05, 0) is 31.2 Å². The van der Waals surface area contributed by atoms with Crippen LogP contribution in [0.1, 0.15) is 12.7 Å². The van der Waals surface area contributed by atoms with Gasteiger partial charge in [0.2, 0.25) is 5.88 Å². The van der Waals surface area contributed by atoms with Crippen molar-refractivity contribution in [3.63, 3.8) is 0 Å². The van der Waals surface area contributed by atoms with Crippen molar-refractivity contribution in [2.75, 3.05) is 18.2 Å². The van der Waals surface area contributed by atoms with Gasteiger partial charge < -0.3 is 20.2 Å². The molecule has 1 unspecified atom stereocenters. The van der Waals surface area contributed by atoms with Crippen molar-refractivity contribution in [1.29, 1.82) is 0 Å². The molecule has 0 radical (unpaired) electrons. The van der Waals surface area contributed by atoms with Gasteiger partial charge in [0, 0.05) is 12.5 Å². The van der Waals surface area contributed by atoms with Crippen molar-refractivity contribution in [2.45, 2.75) is 19.4 Å². The van der Waals surface area contributed by atoms with Gasteiger partial charge in [0.1, 0.15) is 11.6 Å². The number of furan rings is 1. The first-order valence-electron chi connectivity index (χ1n) is 5.78. The predicted molar refractivity (Wildman–Crippen MR) is 70.7 cm³/mol. The molecule has 0 spiro atoms. The molecule has 1 atom stereocenters. The number of aromatic nitrogens is 1. The quantitative estimate of drug-likeness (QED) is 0.848. The summed E-state index contributed by atoms with van der Waals surface area (Å²) in [6, 6.07) is 7.64. The van der Waals surface area contributed by atoms with Gasteiger partial charge in [0.05, 0.1) is 19.1 Å². The number of anilines is 2. The van der Waals surface area contributed by atoms with Gasteiger partial charge in [-0.15, -0.1) is 0 Å². The van der Waals surface area contributed by atoms with E-state index in [1.165, 1.54) is 0 Å². The zero-order valence-corrected chi connectivity index (χ0v) is 10.5. The summed E-state index contributed by atoms with van der Waals surface area (Å²) < 4.78 is 10.4. The Morgan fingerprint density at radius 1 is 1.44 bits per heavy atom. The van der Waals surface area contributed by atoms with Crippen molar-refractivity contribution in [3.8, 4) is 5.88 Å². The van der Waals surface area contributed by atoms with Gasteiger partial charge in [0.25, 0.3) is 0 Å². The highest BCUT2D eigenvalue weighted by atomic mass is 16.5. The van der Waals surface area contributed by atoms with E-state index < -0.39 is 0 Å². The Bertz CT molecular complexity index is 497. The number of hydrogen-bond donors (Lipinski definition) is 2. The minimum atomic E-state index is 0.206. The molecule has 0 saturated heterocycles. The molecule has 0 fully saturated rings. The van der Waals surface area contributed by atoms with Crippen molar-refractivity contribution >= 4 is 11.5 Å². The van der Waals surface area contributed by atoms with Crippen LogP contribution in [0.3, 0.4) is 0 Å². The van der Waals surface area contributed by atoms with E-state index in [2.05, 4.69) is 17.2 Å². The van der Waals surface area contributed by atoms with Gasteiger partial charge >= 0.3 is 0 Å². The summed E-state index contributed by atoms with van der Waals surface area (Å²) in [5.74, 6) is 2.11. The minimum Gasteiger partial charge on any atom is -0.479 e. The van der Waals surface area contributed by atoms with Crippen molar-refractivity contribution in [3.05, 3.63) is 36.3 Å². The van der Waals surface area contributed by atoms with Gasteiger partial charge in [-0.25, -0.2) is 0 Å². The first kappa shape index (κ1) is 12.3. The molecule has 0 amide bonds. The number of rotatable bonds is 5. The molecular weight excluding hydrogens is 230 g/mol. The molecule has 18 heavy (non-hydrogen) atoms. The second-order valence-electron chi connectivity index (χ2n) is 4.12. The highest BCUT2D eigenvalue weighted by Gasteiger charge is 2.08. The van der Waals surface area contributed by atoms with Crippen LogP contribution in [-0.2, 0) is 6.42 Å². The van der Waals surface area contributed by atoms with Crippen LogP contribution in [0.15, 0.2) is 34.9 Å². The Labute approximate surface area is 106 Å². The lowest BCUT2D eigenvalue weighted by Gasteiger charge is -2.14. The number of hydrogen-bond acceptors (Lipinski definition) is 5. The largest absolute Gasteiger partial charge is 0.479 e. The third-order valence-corrected chi connectivity index (χ3v) is 2.56. The molecule has 5 heteroatoms. The molecule has 0 aromatic carbocycles. The summed E-state index contributed by atoms with van der Waals surface area (Å²) in [5.41, 5.74) is 6.24. The van der Waals surface area contributed by atoms with E-state index >= 15 is 0 Å². The van der Waals surface area contributed by atoms with Crippen LogP contribution in [0, 0.1) is 0 Å². The molecule has 2 aromatic rings. The summed E-state index contributed by atoms with van der Waals surface area (Å²) >= 11 is 0. The number of ether oxygens (including phenoxy) is 1. The van der Waals surface area contributed by atoms with Gasteiger partial charge in [-0.3, -0.25) is 0 Å². The van der Waals surface area contributed by atoms with Crippen LogP contribution >= 0.6 is 0 Å². The van der Waals surface area contributed by atoms with Crippen LogP contribution in [0.25, 0.3) is 0 Å². The van der Waals surface area contributed by atoms with E-state index in [9.17, 15) is 0 Å². The van der Waals surface area contributed by atoms with Crippen LogP contribution in [-0.4, -0.2) is 18.1 Å². The number of nitrogens with two attached hydrogens (primary N) is 1. The van der Waals surface area contributed by atoms with Crippen LogP contribution in [0.2, 0.25) is 0 Å². The van der Waals surface area contributed by atoms with E-state index in [0.717, 1.165) is 18.0 Å². The van der Waals surface area contributed by atoms with E-state index in [1.807, 2.05) is 18.2 Å². The molecular formula is C13H17N3O2. The Hall–Kier alpha value is -2.17. The maximum Gasteiger partial charge on any atom is 0.238 e. The highest BCUT2D eigenvalue weighted by molar-refractivity contribution is 5.53. The van der Waals surface area contributed by atoms with Gasteiger partial charge in [0.15, 0.2) is 0 Å². The van der Waals surface area contributed by atoms with E-state index in [4.69, 9.17) is 14.9 Å². The second kappa shape index (κ2) is 5.44. The molecule has 0 aliphatic carbocycles. The van der Waals surface area contributed by atoms with Gasteiger partial charge in [-0.1, -0.05) is 0 Å². The van der Waals surface area contributed by atoms with E-state index in [0.29, 0.717) is 11.6 Å². The van der Waals surface area contributed by atoms with Crippen molar-refractivity contribution in [1.82, 2.24) is 4.98 Å². The summed E-state index contributed by atoms with van der Waals surface area (Å²) in [6.45, 7) is 2.06. The molecule has 2 rings (SSSR count). The summed E-state index contributed by atoms with van der Waals surface area (Å²) in [7, 11) is 1.55. The third kappa shape index (κ3) is 2.94. The second-order valence-corrected chi connectivity index (χ2v) is 4.12. The zero-order valence-electron chi connectivity index (χ0n) is 10.5. The maximum atomic E-state index is 5.71. The Morgan fingerprint density at radius 3 is 2.94 bits per heavy atom. The molecule has 2 aromatic heterocycles. The lowest BCUT2D eigenvalue weighted by Crippen LogP contribution is -2.18. The molecule has 96 valence electrons. The van der Waals surface area contributed by atoms with Crippen LogP contribution < -0.4 is 15.8 Å². The summed E-state index contributed by atoms with van der Waals surface area (Å²) in [4.78, 5) is 4.27. The molecule has 0 aliphatic heterocycles. The summed E-state index contributed by atoms with van der Waals surface area (Å²) in [6.07, 6.45) is 2.47. The van der Waals surface area contributed by atoms with E-state index in [-0.39, 0.29) is 6.04 Å². The number of nitrogen functional groups attached to an aromatic ring is 1. The van der Waals surface area contributed by atoms with Crippen LogP contribution in [0.5, 0.6) is 5.88 Å². The average molecular weight is 247 g/mol. The molecule has 0 saturated carbocycles. The standard InChI is InChI=1S/C13H17N3O2/c1-9(8-10-4-3-7-18-10)15-12-6-5-11(14)13(16-12)17-2/h3-7,9H,8,14H2,1-2H3,(H,15,16). The lowest BCUT2D eigenvalue weighted by molar-refractivity contribution is 0.400. The molecule has 3 N–H and O–H groups in total. The monoisotopic (exact) mass is 247 g/mol. The smallest absolute Gasteiger partial charge is 0.238 e. The normalized spacial score (nSPS) is 12.1. The first-order chi connectivity index (χ1) is 8.69. The maximum absolute atomic E-state index is 5.71. The molecule has 2 heterocycles. The average Bonchev–Trinajstić information content (AvgIpc) is 2.84. The molecule has 5 nitrogen and oxygen atoms in total. The third-order valence-electron chi connectivity index (χ3n) is 2.56.